The number of carbonyl (C=O) groups is 1. The molecular formula is C31H39F4N7O5S. The Bertz CT molecular complexity index is 1810. The highest BCUT2D eigenvalue weighted by atomic mass is 32.2. The van der Waals surface area contributed by atoms with Gasteiger partial charge in [0, 0.05) is 50.6 Å². The Morgan fingerprint density at radius 3 is 2.40 bits per heavy atom. The Kier molecular flexibility index (Phi) is 9.31. The topological polar surface area (TPSA) is 141 Å². The first-order chi connectivity index (χ1) is 22.2. The lowest BCUT2D eigenvalue weighted by Crippen LogP contribution is -2.41. The van der Waals surface area contributed by atoms with Gasteiger partial charge in [0.2, 0.25) is 20.8 Å². The van der Waals surface area contributed by atoms with E-state index in [1.54, 1.807) is 25.7 Å². The summed E-state index contributed by atoms with van der Waals surface area (Å²) >= 11 is 0. The van der Waals surface area contributed by atoms with Gasteiger partial charge in [0.05, 0.1) is 16.6 Å². The predicted octanol–water partition coefficient (Wildman–Crippen LogP) is 6.48. The second-order valence-electron chi connectivity index (χ2n) is 13.3. The predicted molar refractivity (Wildman–Crippen MR) is 169 cm³/mol. The zero-order valence-electron chi connectivity index (χ0n) is 27.7. The molecule has 12 nitrogen and oxygen atoms in total. The van der Waals surface area contributed by atoms with E-state index in [4.69, 9.17) is 9.47 Å². The lowest BCUT2D eigenvalue weighted by atomic mass is 9.84. The molecule has 0 radical (unpaired) electrons. The van der Waals surface area contributed by atoms with Gasteiger partial charge in [-0.1, -0.05) is 0 Å². The summed E-state index contributed by atoms with van der Waals surface area (Å²) in [5.41, 5.74) is -0.857. The van der Waals surface area contributed by atoms with Crippen molar-refractivity contribution in [1.82, 2.24) is 24.6 Å². The Balaban J connectivity index is 1.45. The molecule has 2 aromatic heterocycles. The number of rotatable bonds is 7. The number of anilines is 4. The van der Waals surface area contributed by atoms with Crippen LogP contribution in [0.4, 0.5) is 45.5 Å². The number of piperidine rings is 1. The first-order valence-corrected chi connectivity index (χ1v) is 17.0. The lowest BCUT2D eigenvalue weighted by molar-refractivity contribution is -0.137. The number of nitrogens with zero attached hydrogens (tertiary/aromatic N) is 5. The van der Waals surface area contributed by atoms with Crippen LogP contribution in [0.3, 0.4) is 0 Å². The van der Waals surface area contributed by atoms with Crippen LogP contribution in [-0.2, 0) is 34.2 Å². The number of hydrogen-bond donors (Lipinski definition) is 2. The number of amides is 1. The highest BCUT2D eigenvalue weighted by Gasteiger charge is 2.38. The number of aryl methyl sites for hydroxylation is 1. The highest BCUT2D eigenvalue weighted by Crippen LogP contribution is 2.46. The average Bonchev–Trinajstić information content (AvgIpc) is 3.53. The smallest absolute Gasteiger partial charge is 0.421 e. The van der Waals surface area contributed by atoms with Crippen LogP contribution in [0.25, 0.3) is 0 Å². The maximum atomic E-state index is 15.9. The number of sulfone groups is 1. The van der Waals surface area contributed by atoms with E-state index < -0.39 is 55.2 Å². The largest absolute Gasteiger partial charge is 0.488 e. The Morgan fingerprint density at radius 2 is 1.79 bits per heavy atom. The van der Waals surface area contributed by atoms with Gasteiger partial charge in [0.1, 0.15) is 34.7 Å². The number of carbonyl (C=O) groups excluding carboxylic acids is 1. The van der Waals surface area contributed by atoms with Crippen LogP contribution >= 0.6 is 0 Å². The fourth-order valence-electron chi connectivity index (χ4n) is 5.76. The van der Waals surface area contributed by atoms with Gasteiger partial charge in [-0.25, -0.2) is 22.6 Å². The molecule has 1 aromatic carbocycles. The number of nitrogens with one attached hydrogen (secondary N) is 2. The molecule has 4 heterocycles. The zero-order chi connectivity index (χ0) is 35.3. The molecule has 0 saturated carbocycles. The van der Waals surface area contributed by atoms with E-state index >= 15 is 4.39 Å². The molecule has 0 aliphatic carbocycles. The van der Waals surface area contributed by atoms with Crippen molar-refractivity contribution in [2.45, 2.75) is 94.9 Å². The van der Waals surface area contributed by atoms with Crippen molar-refractivity contribution >= 4 is 39.1 Å². The number of ether oxygens (including phenoxy) is 2. The number of likely N-dealkylation sites (tertiary alicyclic amines) is 1. The first-order valence-electron chi connectivity index (χ1n) is 15.5. The van der Waals surface area contributed by atoms with Gasteiger partial charge in [0.25, 0.3) is 0 Å². The summed E-state index contributed by atoms with van der Waals surface area (Å²) in [6.07, 6.45) is -2.43. The molecule has 2 aliphatic heterocycles. The van der Waals surface area contributed by atoms with Crippen molar-refractivity contribution < 1.29 is 40.2 Å². The molecule has 2 aliphatic rings. The Labute approximate surface area is 276 Å². The normalized spacial score (nSPS) is 17.3. The van der Waals surface area contributed by atoms with E-state index in [-0.39, 0.29) is 29.3 Å². The molecule has 1 amide bonds. The number of fused-ring (bicyclic) bond motifs is 1. The monoisotopic (exact) mass is 697 g/mol. The molecule has 5 rings (SSSR count). The third-order valence-corrected chi connectivity index (χ3v) is 10.1. The molecule has 17 heteroatoms. The van der Waals surface area contributed by atoms with E-state index in [2.05, 4.69) is 25.7 Å². The van der Waals surface area contributed by atoms with Crippen molar-refractivity contribution in [3.05, 3.63) is 41.0 Å². The van der Waals surface area contributed by atoms with Crippen molar-refractivity contribution in [1.29, 1.82) is 0 Å². The fourth-order valence-corrected chi connectivity index (χ4v) is 6.86. The minimum Gasteiger partial charge on any atom is -0.488 e. The first kappa shape index (κ1) is 35.2. The van der Waals surface area contributed by atoms with Crippen LogP contribution in [-0.4, -0.2) is 69.2 Å². The molecule has 0 bridgehead atoms. The standard InChI is InChI=1S/C31H39F4N7O5S/c1-16(2)48(44,45)27-23(15-41(7)40-27)37-26-20(31(33,34)35)14-36-28(39-26)38-22-13-21(32)24(19-12-17(3)46-25(19)22)18-8-10-42(11-9-18)29(43)47-30(4,5)6/h13-18H,8-12H2,1-7H3,(H2,36,37,38,39)/t17-/m1/s1. The molecule has 1 atom stereocenters. The molecule has 0 unspecified atom stereocenters. The molecule has 1 fully saturated rings. The van der Waals surface area contributed by atoms with E-state index in [0.717, 1.165) is 0 Å². The summed E-state index contributed by atoms with van der Waals surface area (Å²) in [6.45, 7) is 10.8. The van der Waals surface area contributed by atoms with E-state index in [9.17, 15) is 26.4 Å². The van der Waals surface area contributed by atoms with Gasteiger partial charge in [-0.2, -0.15) is 23.3 Å². The SMILES string of the molecule is CC(C)S(=O)(=O)c1nn(C)cc1Nc1nc(Nc2cc(F)c(C3CCN(C(=O)OC(C)(C)C)CC3)c3c2O[C@H](C)C3)ncc1C(F)(F)F. The van der Waals surface area contributed by atoms with Crippen LogP contribution in [0, 0.1) is 5.82 Å². The minimum absolute atomic E-state index is 0.122. The van der Waals surface area contributed by atoms with E-state index in [1.807, 2.05) is 6.92 Å². The average molecular weight is 698 g/mol. The van der Waals surface area contributed by atoms with Crippen molar-refractivity contribution in [3.63, 3.8) is 0 Å². The summed E-state index contributed by atoms with van der Waals surface area (Å²) in [5, 5.41) is 7.92. The Morgan fingerprint density at radius 1 is 1.12 bits per heavy atom. The maximum Gasteiger partial charge on any atom is 0.421 e. The zero-order valence-corrected chi connectivity index (χ0v) is 28.5. The molecule has 2 N–H and O–H groups in total. The van der Waals surface area contributed by atoms with Crippen LogP contribution in [0.5, 0.6) is 5.75 Å². The maximum absolute atomic E-state index is 15.9. The summed E-state index contributed by atoms with van der Waals surface area (Å²) in [7, 11) is -2.54. The number of halogens is 4. The highest BCUT2D eigenvalue weighted by molar-refractivity contribution is 7.92. The third-order valence-electron chi connectivity index (χ3n) is 8.02. The van der Waals surface area contributed by atoms with E-state index in [1.165, 1.54) is 37.8 Å². The molecule has 1 saturated heterocycles. The second-order valence-corrected chi connectivity index (χ2v) is 15.7. The number of alkyl halides is 3. The molecule has 3 aromatic rings. The van der Waals surface area contributed by atoms with Crippen LogP contribution in [0.15, 0.2) is 23.5 Å². The molecule has 262 valence electrons. The summed E-state index contributed by atoms with van der Waals surface area (Å²) in [6, 6.07) is 1.20. The number of hydrogen-bond acceptors (Lipinski definition) is 10. The third kappa shape index (κ3) is 7.29. The molecule has 48 heavy (non-hydrogen) atoms. The van der Waals surface area contributed by atoms with Crippen molar-refractivity contribution in [2.24, 2.45) is 7.05 Å². The van der Waals surface area contributed by atoms with Crippen molar-refractivity contribution in [2.75, 3.05) is 23.7 Å². The number of benzene rings is 1. The summed E-state index contributed by atoms with van der Waals surface area (Å²) in [4.78, 5) is 22.0. The quantitative estimate of drug-likeness (QED) is 0.264. The second kappa shape index (κ2) is 12.7. The minimum atomic E-state index is -4.90. The lowest BCUT2D eigenvalue weighted by Gasteiger charge is -2.34. The van der Waals surface area contributed by atoms with Gasteiger partial charge in [-0.15, -0.1) is 0 Å². The van der Waals surface area contributed by atoms with Gasteiger partial charge >= 0.3 is 12.3 Å². The van der Waals surface area contributed by atoms with Crippen LogP contribution < -0.4 is 15.4 Å². The number of aromatic nitrogens is 4. The van der Waals surface area contributed by atoms with Gasteiger partial charge in [-0.3, -0.25) is 4.68 Å². The molecular weight excluding hydrogens is 658 g/mol. The summed E-state index contributed by atoms with van der Waals surface area (Å²) < 4.78 is 96.5. The fraction of sp³-hybridized carbons (Fsp3) is 0.548. The van der Waals surface area contributed by atoms with E-state index in [0.29, 0.717) is 55.4 Å². The van der Waals surface area contributed by atoms with Gasteiger partial charge < -0.3 is 25.0 Å². The summed E-state index contributed by atoms with van der Waals surface area (Å²) in [5.74, 6) is -1.44. The van der Waals surface area contributed by atoms with Crippen molar-refractivity contribution in [3.8, 4) is 5.75 Å². The molecule has 0 spiro atoms. The van der Waals surface area contributed by atoms with Gasteiger partial charge in [-0.05, 0) is 65.9 Å². The van der Waals surface area contributed by atoms with Crippen LogP contribution in [0.2, 0.25) is 0 Å². The Hall–Kier alpha value is -4.15. The van der Waals surface area contributed by atoms with Crippen LogP contribution in [0.1, 0.15) is 77.0 Å². The van der Waals surface area contributed by atoms with Gasteiger partial charge in [0.15, 0.2) is 0 Å².